The van der Waals surface area contributed by atoms with Gasteiger partial charge in [-0.15, -0.1) is 0 Å². The van der Waals surface area contributed by atoms with Crippen LogP contribution in [0.3, 0.4) is 0 Å². The molecule has 6 heteroatoms. The molecule has 0 bridgehead atoms. The van der Waals surface area contributed by atoms with E-state index in [9.17, 15) is 9.18 Å². The third kappa shape index (κ3) is 1.87. The number of rotatable bonds is 2. The molecule has 1 aromatic carbocycles. The Bertz CT molecular complexity index is 789. The largest absolute Gasteiger partial charge is 0.373 e. The number of fused-ring (bicyclic) bond motifs is 1. The van der Waals surface area contributed by atoms with Crippen molar-refractivity contribution in [2.45, 2.75) is 0 Å². The summed E-state index contributed by atoms with van der Waals surface area (Å²) in [5.41, 5.74) is 1.34. The molecule has 0 unspecified atom stereocenters. The Morgan fingerprint density at radius 3 is 2.84 bits per heavy atom. The molecule has 3 aromatic rings. The van der Waals surface area contributed by atoms with Crippen LogP contribution in [0, 0.1) is 5.82 Å². The molecule has 19 heavy (non-hydrogen) atoms. The third-order valence-corrected chi connectivity index (χ3v) is 2.91. The lowest BCUT2D eigenvalue weighted by atomic mass is 10.3. The Balaban J connectivity index is 2.25. The summed E-state index contributed by atoms with van der Waals surface area (Å²) in [6.45, 7) is 0. The van der Waals surface area contributed by atoms with Gasteiger partial charge in [0.15, 0.2) is 0 Å². The minimum Gasteiger partial charge on any atom is -0.373 e. The molecule has 0 aliphatic carbocycles. The maximum absolute atomic E-state index is 13.3. The van der Waals surface area contributed by atoms with Crippen LogP contribution in [0.25, 0.3) is 16.7 Å². The van der Waals surface area contributed by atoms with Crippen LogP contribution < -0.4 is 11.0 Å². The summed E-state index contributed by atoms with van der Waals surface area (Å²) in [7, 11) is 1.76. The molecule has 0 atom stereocenters. The average Bonchev–Trinajstić information content (AvgIpc) is 2.74. The maximum atomic E-state index is 13.3. The van der Waals surface area contributed by atoms with Crippen LogP contribution in [0.1, 0.15) is 0 Å². The molecular formula is C13H11FN4O. The monoisotopic (exact) mass is 258 g/mol. The van der Waals surface area contributed by atoms with Crippen LogP contribution >= 0.6 is 0 Å². The maximum Gasteiger partial charge on any atom is 0.331 e. The van der Waals surface area contributed by atoms with Crippen molar-refractivity contribution >= 4 is 16.9 Å². The van der Waals surface area contributed by atoms with Crippen molar-refractivity contribution in [1.82, 2.24) is 14.5 Å². The average molecular weight is 258 g/mol. The molecule has 0 aliphatic rings. The summed E-state index contributed by atoms with van der Waals surface area (Å²) in [5.74, 6) is 0.308. The van der Waals surface area contributed by atoms with Gasteiger partial charge < -0.3 is 10.3 Å². The lowest BCUT2D eigenvalue weighted by molar-refractivity contribution is 0.629. The zero-order valence-corrected chi connectivity index (χ0v) is 10.1. The minimum atomic E-state index is -0.389. The topological polar surface area (TPSA) is 62.7 Å². The van der Waals surface area contributed by atoms with Crippen molar-refractivity contribution < 1.29 is 4.39 Å². The highest BCUT2D eigenvalue weighted by atomic mass is 19.1. The second kappa shape index (κ2) is 4.24. The molecule has 0 amide bonds. The number of benzene rings is 1. The van der Waals surface area contributed by atoms with Gasteiger partial charge >= 0.3 is 5.69 Å². The molecular weight excluding hydrogens is 247 g/mol. The predicted octanol–water partition coefficient (Wildman–Crippen LogP) is 1.89. The van der Waals surface area contributed by atoms with E-state index in [2.05, 4.69) is 15.3 Å². The number of halogens is 1. The van der Waals surface area contributed by atoms with Gasteiger partial charge in [-0.2, -0.15) is 0 Å². The SMILES string of the molecule is CNc1ccc(-n2c(=O)[nH]c3ccc(F)cc32)cn1. The molecule has 5 nitrogen and oxygen atoms in total. The molecule has 0 spiro atoms. The molecule has 0 radical (unpaired) electrons. The van der Waals surface area contributed by atoms with E-state index in [-0.39, 0.29) is 11.5 Å². The highest BCUT2D eigenvalue weighted by Gasteiger charge is 2.09. The van der Waals surface area contributed by atoms with E-state index >= 15 is 0 Å². The summed E-state index contributed by atoms with van der Waals surface area (Å²) < 4.78 is 14.7. The van der Waals surface area contributed by atoms with Gasteiger partial charge in [0.05, 0.1) is 22.9 Å². The minimum absolute atomic E-state index is 0.320. The molecule has 96 valence electrons. The van der Waals surface area contributed by atoms with E-state index in [0.29, 0.717) is 22.5 Å². The van der Waals surface area contributed by atoms with Crippen LogP contribution in [0.5, 0.6) is 0 Å². The molecule has 2 aromatic heterocycles. The number of pyridine rings is 1. The number of aromatic nitrogens is 3. The fourth-order valence-corrected chi connectivity index (χ4v) is 2.00. The van der Waals surface area contributed by atoms with Crippen molar-refractivity contribution in [3.63, 3.8) is 0 Å². The molecule has 2 N–H and O–H groups in total. The summed E-state index contributed by atoms with van der Waals surface area (Å²) in [6, 6.07) is 7.67. The molecule has 0 saturated carbocycles. The van der Waals surface area contributed by atoms with E-state index in [1.54, 1.807) is 25.4 Å². The first-order valence-electron chi connectivity index (χ1n) is 5.73. The Labute approximate surface area is 107 Å². The van der Waals surface area contributed by atoms with E-state index in [0.717, 1.165) is 0 Å². The van der Waals surface area contributed by atoms with Crippen LogP contribution in [0.4, 0.5) is 10.2 Å². The van der Waals surface area contributed by atoms with Gasteiger partial charge in [-0.3, -0.25) is 4.57 Å². The lowest BCUT2D eigenvalue weighted by Crippen LogP contribution is -2.14. The van der Waals surface area contributed by atoms with Crippen molar-refractivity contribution in [2.24, 2.45) is 0 Å². The fraction of sp³-hybridized carbons (Fsp3) is 0.0769. The van der Waals surface area contributed by atoms with E-state index in [4.69, 9.17) is 0 Å². The summed E-state index contributed by atoms with van der Waals surface area (Å²) in [5, 5.41) is 2.89. The molecule has 0 aliphatic heterocycles. The van der Waals surface area contributed by atoms with Crippen molar-refractivity contribution in [3.8, 4) is 5.69 Å². The smallest absolute Gasteiger partial charge is 0.331 e. The number of nitrogens with one attached hydrogen (secondary N) is 2. The fourth-order valence-electron chi connectivity index (χ4n) is 2.00. The van der Waals surface area contributed by atoms with Crippen LogP contribution in [0.2, 0.25) is 0 Å². The Morgan fingerprint density at radius 2 is 2.16 bits per heavy atom. The summed E-state index contributed by atoms with van der Waals surface area (Å²) in [6.07, 6.45) is 1.56. The number of hydrogen-bond acceptors (Lipinski definition) is 3. The Morgan fingerprint density at radius 1 is 1.32 bits per heavy atom. The number of aromatic amines is 1. The quantitative estimate of drug-likeness (QED) is 0.738. The van der Waals surface area contributed by atoms with Crippen LogP contribution in [0.15, 0.2) is 41.3 Å². The van der Waals surface area contributed by atoms with Crippen LogP contribution in [-0.2, 0) is 0 Å². The van der Waals surface area contributed by atoms with Crippen molar-refractivity contribution in [3.05, 3.63) is 52.8 Å². The van der Waals surface area contributed by atoms with Gasteiger partial charge in [0, 0.05) is 13.1 Å². The number of hydrogen-bond donors (Lipinski definition) is 2. The second-order valence-corrected chi connectivity index (χ2v) is 4.08. The zero-order chi connectivity index (χ0) is 13.4. The lowest BCUT2D eigenvalue weighted by Gasteiger charge is -2.04. The summed E-state index contributed by atoms with van der Waals surface area (Å²) in [4.78, 5) is 18.8. The highest BCUT2D eigenvalue weighted by molar-refractivity contribution is 5.77. The first kappa shape index (κ1) is 11.5. The van der Waals surface area contributed by atoms with Gasteiger partial charge in [0.2, 0.25) is 0 Å². The first-order chi connectivity index (χ1) is 9.19. The Kier molecular flexibility index (Phi) is 2.56. The zero-order valence-electron chi connectivity index (χ0n) is 10.1. The number of anilines is 1. The predicted molar refractivity (Wildman–Crippen MR) is 71.2 cm³/mol. The number of nitrogens with zero attached hydrogens (tertiary/aromatic N) is 2. The van der Waals surface area contributed by atoms with Gasteiger partial charge in [0.25, 0.3) is 0 Å². The van der Waals surface area contributed by atoms with E-state index in [1.807, 2.05) is 0 Å². The molecule has 3 rings (SSSR count). The molecule has 0 saturated heterocycles. The molecule has 0 fully saturated rings. The van der Waals surface area contributed by atoms with Gasteiger partial charge in [0.1, 0.15) is 11.6 Å². The Hall–Kier alpha value is -2.63. The first-order valence-corrected chi connectivity index (χ1v) is 5.73. The van der Waals surface area contributed by atoms with Gasteiger partial charge in [-0.25, -0.2) is 14.2 Å². The van der Waals surface area contributed by atoms with E-state index < -0.39 is 0 Å². The number of imidazole rings is 1. The molecule has 2 heterocycles. The van der Waals surface area contributed by atoms with Crippen molar-refractivity contribution in [2.75, 3.05) is 12.4 Å². The van der Waals surface area contributed by atoms with Gasteiger partial charge in [-0.1, -0.05) is 0 Å². The standard InChI is InChI=1S/C13H11FN4O/c1-15-12-5-3-9(7-16-12)18-11-6-8(14)2-4-10(11)17-13(18)19/h2-7H,1H3,(H,15,16)(H,17,19). The van der Waals surface area contributed by atoms with Gasteiger partial charge in [-0.05, 0) is 24.3 Å². The normalized spacial score (nSPS) is 10.8. The highest BCUT2D eigenvalue weighted by Crippen LogP contribution is 2.16. The number of H-pyrrole nitrogens is 1. The summed E-state index contributed by atoms with van der Waals surface area (Å²) >= 11 is 0. The third-order valence-electron chi connectivity index (χ3n) is 2.91. The second-order valence-electron chi connectivity index (χ2n) is 4.08. The van der Waals surface area contributed by atoms with E-state index in [1.165, 1.54) is 22.8 Å². The van der Waals surface area contributed by atoms with Crippen LogP contribution in [-0.4, -0.2) is 21.6 Å². The van der Waals surface area contributed by atoms with Crippen molar-refractivity contribution in [1.29, 1.82) is 0 Å².